The van der Waals surface area contributed by atoms with Gasteiger partial charge in [0.25, 0.3) is 0 Å². The summed E-state index contributed by atoms with van der Waals surface area (Å²) in [5.74, 6) is 0. The molecule has 0 aliphatic carbocycles. The zero-order chi connectivity index (χ0) is 14.3. The smallest absolute Gasteiger partial charge is 0.407 e. The number of nitrogens with one attached hydrogen (secondary N) is 2. The average Bonchev–Trinajstić information content (AvgIpc) is 2.33. The standard InChI is InChI=1S/C14H23N3O2/c1-14(2,3)19-13(18)16-10-12(9-15)17-11-7-5-4-6-8-11/h4-8,12,17H,9-10,15H2,1-3H3,(H,16,18). The molecular formula is C14H23N3O2. The quantitative estimate of drug-likeness (QED) is 0.760. The molecule has 1 aromatic carbocycles. The summed E-state index contributed by atoms with van der Waals surface area (Å²) in [6, 6.07) is 9.71. The molecule has 5 nitrogen and oxygen atoms in total. The number of rotatable bonds is 5. The van der Waals surface area contributed by atoms with Crippen LogP contribution < -0.4 is 16.4 Å². The number of anilines is 1. The molecule has 19 heavy (non-hydrogen) atoms. The first-order valence-electron chi connectivity index (χ1n) is 6.39. The molecule has 0 radical (unpaired) electrons. The van der Waals surface area contributed by atoms with E-state index < -0.39 is 11.7 Å². The number of ether oxygens (including phenoxy) is 1. The summed E-state index contributed by atoms with van der Waals surface area (Å²) < 4.78 is 5.16. The van der Waals surface area contributed by atoms with E-state index in [1.807, 2.05) is 51.1 Å². The van der Waals surface area contributed by atoms with Crippen LogP contribution in [0.15, 0.2) is 30.3 Å². The molecular weight excluding hydrogens is 242 g/mol. The van der Waals surface area contributed by atoms with Crippen molar-refractivity contribution in [3.05, 3.63) is 30.3 Å². The maximum atomic E-state index is 11.5. The maximum absolute atomic E-state index is 11.5. The molecule has 1 aromatic rings. The summed E-state index contributed by atoms with van der Waals surface area (Å²) in [5.41, 5.74) is 6.16. The van der Waals surface area contributed by atoms with Crippen molar-refractivity contribution >= 4 is 11.8 Å². The van der Waals surface area contributed by atoms with Crippen molar-refractivity contribution in [2.24, 2.45) is 5.73 Å². The number of carbonyl (C=O) groups is 1. The van der Waals surface area contributed by atoms with E-state index in [4.69, 9.17) is 10.5 Å². The number of para-hydroxylation sites is 1. The van der Waals surface area contributed by atoms with Crippen LogP contribution in [0.5, 0.6) is 0 Å². The lowest BCUT2D eigenvalue weighted by Gasteiger charge is -2.22. The van der Waals surface area contributed by atoms with Gasteiger partial charge in [-0.15, -0.1) is 0 Å². The predicted octanol–water partition coefficient (Wildman–Crippen LogP) is 1.95. The van der Waals surface area contributed by atoms with Crippen molar-refractivity contribution in [2.75, 3.05) is 18.4 Å². The third kappa shape index (κ3) is 6.67. The SMILES string of the molecule is CC(C)(C)OC(=O)NCC(CN)Nc1ccccc1. The summed E-state index contributed by atoms with van der Waals surface area (Å²) in [6.45, 7) is 6.32. The number of alkyl carbamates (subject to hydrolysis) is 1. The highest BCUT2D eigenvalue weighted by molar-refractivity contribution is 5.67. The Morgan fingerprint density at radius 2 is 1.95 bits per heavy atom. The Kier molecular flexibility index (Phi) is 5.63. The summed E-state index contributed by atoms with van der Waals surface area (Å²) >= 11 is 0. The van der Waals surface area contributed by atoms with Gasteiger partial charge in [-0.2, -0.15) is 0 Å². The second-order valence-electron chi connectivity index (χ2n) is 5.33. The zero-order valence-electron chi connectivity index (χ0n) is 11.8. The Hall–Kier alpha value is -1.75. The highest BCUT2D eigenvalue weighted by Crippen LogP contribution is 2.08. The van der Waals surface area contributed by atoms with Gasteiger partial charge in [-0.3, -0.25) is 0 Å². The van der Waals surface area contributed by atoms with Crippen LogP contribution in [0, 0.1) is 0 Å². The normalized spacial score (nSPS) is 12.6. The minimum atomic E-state index is -0.491. The predicted molar refractivity (Wildman–Crippen MR) is 77.1 cm³/mol. The van der Waals surface area contributed by atoms with Crippen LogP contribution in [-0.4, -0.2) is 30.8 Å². The number of benzene rings is 1. The van der Waals surface area contributed by atoms with Gasteiger partial charge in [-0.05, 0) is 32.9 Å². The third-order valence-electron chi connectivity index (χ3n) is 2.32. The Bertz CT molecular complexity index is 387. The highest BCUT2D eigenvalue weighted by atomic mass is 16.6. The Morgan fingerprint density at radius 3 is 2.47 bits per heavy atom. The van der Waals surface area contributed by atoms with Crippen molar-refractivity contribution in [1.29, 1.82) is 0 Å². The summed E-state index contributed by atoms with van der Waals surface area (Å²) in [4.78, 5) is 11.5. The average molecular weight is 265 g/mol. The van der Waals surface area contributed by atoms with Crippen molar-refractivity contribution in [2.45, 2.75) is 32.4 Å². The Balaban J connectivity index is 2.39. The molecule has 1 atom stereocenters. The molecule has 0 saturated heterocycles. The number of amides is 1. The Labute approximate surface area is 114 Å². The van der Waals surface area contributed by atoms with Gasteiger partial charge in [-0.1, -0.05) is 18.2 Å². The van der Waals surface area contributed by atoms with Gasteiger partial charge in [0.05, 0.1) is 6.04 Å². The largest absolute Gasteiger partial charge is 0.444 e. The number of carbonyl (C=O) groups excluding carboxylic acids is 1. The van der Waals surface area contributed by atoms with E-state index in [2.05, 4.69) is 10.6 Å². The first-order chi connectivity index (χ1) is 8.90. The second kappa shape index (κ2) is 6.99. The van der Waals surface area contributed by atoms with Gasteiger partial charge in [0.15, 0.2) is 0 Å². The molecule has 1 unspecified atom stereocenters. The van der Waals surface area contributed by atoms with Gasteiger partial charge in [0, 0.05) is 18.8 Å². The molecule has 0 saturated carbocycles. The topological polar surface area (TPSA) is 76.4 Å². The van der Waals surface area contributed by atoms with Crippen LogP contribution in [0.25, 0.3) is 0 Å². The monoisotopic (exact) mass is 265 g/mol. The van der Waals surface area contributed by atoms with E-state index in [0.717, 1.165) is 5.69 Å². The van der Waals surface area contributed by atoms with Gasteiger partial charge >= 0.3 is 6.09 Å². The van der Waals surface area contributed by atoms with E-state index in [9.17, 15) is 4.79 Å². The van der Waals surface area contributed by atoms with Crippen LogP contribution in [-0.2, 0) is 4.74 Å². The molecule has 4 N–H and O–H groups in total. The van der Waals surface area contributed by atoms with Gasteiger partial charge in [-0.25, -0.2) is 4.79 Å². The molecule has 106 valence electrons. The van der Waals surface area contributed by atoms with Crippen LogP contribution in [0.4, 0.5) is 10.5 Å². The molecule has 0 heterocycles. The maximum Gasteiger partial charge on any atom is 0.407 e. The molecule has 5 heteroatoms. The number of hydrogen-bond donors (Lipinski definition) is 3. The fraction of sp³-hybridized carbons (Fsp3) is 0.500. The van der Waals surface area contributed by atoms with Crippen molar-refractivity contribution < 1.29 is 9.53 Å². The van der Waals surface area contributed by atoms with E-state index in [0.29, 0.717) is 13.1 Å². The molecule has 0 aliphatic rings. The first-order valence-corrected chi connectivity index (χ1v) is 6.39. The van der Waals surface area contributed by atoms with E-state index >= 15 is 0 Å². The lowest BCUT2D eigenvalue weighted by Crippen LogP contribution is -2.42. The molecule has 0 aliphatic heterocycles. The summed E-state index contributed by atoms with van der Waals surface area (Å²) in [7, 11) is 0. The first kappa shape index (κ1) is 15.3. The third-order valence-corrected chi connectivity index (χ3v) is 2.32. The van der Waals surface area contributed by atoms with Crippen LogP contribution >= 0.6 is 0 Å². The highest BCUT2D eigenvalue weighted by Gasteiger charge is 2.16. The fourth-order valence-corrected chi connectivity index (χ4v) is 1.48. The van der Waals surface area contributed by atoms with E-state index in [-0.39, 0.29) is 6.04 Å². The summed E-state index contributed by atoms with van der Waals surface area (Å²) in [5, 5.41) is 5.96. The van der Waals surface area contributed by atoms with Crippen molar-refractivity contribution in [3.8, 4) is 0 Å². The van der Waals surface area contributed by atoms with Gasteiger partial charge < -0.3 is 21.1 Å². The van der Waals surface area contributed by atoms with Crippen molar-refractivity contribution in [1.82, 2.24) is 5.32 Å². The number of hydrogen-bond acceptors (Lipinski definition) is 4. The number of nitrogens with two attached hydrogens (primary N) is 1. The molecule has 0 aromatic heterocycles. The molecule has 1 amide bonds. The van der Waals surface area contributed by atoms with Gasteiger partial charge in [0.1, 0.15) is 5.60 Å². The van der Waals surface area contributed by atoms with Gasteiger partial charge in [0.2, 0.25) is 0 Å². The van der Waals surface area contributed by atoms with E-state index in [1.54, 1.807) is 0 Å². The second-order valence-corrected chi connectivity index (χ2v) is 5.33. The molecule has 0 fully saturated rings. The molecule has 0 spiro atoms. The molecule has 0 bridgehead atoms. The zero-order valence-corrected chi connectivity index (χ0v) is 11.8. The summed E-state index contributed by atoms with van der Waals surface area (Å²) in [6.07, 6.45) is -0.430. The van der Waals surface area contributed by atoms with Crippen molar-refractivity contribution in [3.63, 3.8) is 0 Å². The fourth-order valence-electron chi connectivity index (χ4n) is 1.48. The minimum Gasteiger partial charge on any atom is -0.444 e. The van der Waals surface area contributed by atoms with Crippen LogP contribution in [0.3, 0.4) is 0 Å². The van der Waals surface area contributed by atoms with Crippen LogP contribution in [0.2, 0.25) is 0 Å². The lowest BCUT2D eigenvalue weighted by molar-refractivity contribution is 0.0526. The minimum absolute atomic E-state index is 0.0325. The molecule has 1 rings (SSSR count). The Morgan fingerprint density at radius 1 is 1.32 bits per heavy atom. The van der Waals surface area contributed by atoms with Crippen LogP contribution in [0.1, 0.15) is 20.8 Å². The van der Waals surface area contributed by atoms with E-state index in [1.165, 1.54) is 0 Å². The lowest BCUT2D eigenvalue weighted by atomic mass is 10.2.